The molecule has 1 aromatic rings. The van der Waals surface area contributed by atoms with Crippen molar-refractivity contribution in [2.45, 2.75) is 52.5 Å². The van der Waals surface area contributed by atoms with Crippen molar-refractivity contribution in [3.63, 3.8) is 0 Å². The standard InChI is InChI=1S/C17H25N3O3/c1-11-4-6-14(7-5-11)19-17(21)10-18-15-9-16(20(22)23)13(3)8-12(15)2/h8-9,11,14,18H,4-7,10H2,1-3H3,(H,19,21). The first kappa shape index (κ1) is 17.2. The molecule has 6 nitrogen and oxygen atoms in total. The maximum absolute atomic E-state index is 12.1. The third-order valence-corrected chi connectivity index (χ3v) is 4.56. The van der Waals surface area contributed by atoms with Crippen LogP contribution < -0.4 is 10.6 Å². The van der Waals surface area contributed by atoms with Crippen LogP contribution >= 0.6 is 0 Å². The fourth-order valence-electron chi connectivity index (χ4n) is 3.09. The fraction of sp³-hybridized carbons (Fsp3) is 0.588. The smallest absolute Gasteiger partial charge is 0.274 e. The number of hydrogen-bond donors (Lipinski definition) is 2. The second-order valence-electron chi connectivity index (χ2n) is 6.59. The Kier molecular flexibility index (Phi) is 5.58. The van der Waals surface area contributed by atoms with Gasteiger partial charge in [-0.3, -0.25) is 14.9 Å². The third-order valence-electron chi connectivity index (χ3n) is 4.56. The first-order chi connectivity index (χ1) is 10.9. The van der Waals surface area contributed by atoms with E-state index in [1.807, 2.05) is 6.92 Å². The van der Waals surface area contributed by atoms with Crippen molar-refractivity contribution in [2.24, 2.45) is 5.92 Å². The molecule has 1 fully saturated rings. The molecule has 0 spiro atoms. The Bertz CT molecular complexity index is 593. The summed E-state index contributed by atoms with van der Waals surface area (Å²) in [5, 5.41) is 17.1. The van der Waals surface area contributed by atoms with Crippen molar-refractivity contribution in [3.8, 4) is 0 Å². The zero-order chi connectivity index (χ0) is 17.0. The van der Waals surface area contributed by atoms with Crippen molar-refractivity contribution < 1.29 is 9.72 Å². The first-order valence-electron chi connectivity index (χ1n) is 8.15. The molecule has 0 bridgehead atoms. The van der Waals surface area contributed by atoms with Crippen LogP contribution in [0.25, 0.3) is 0 Å². The number of nitro groups is 1. The Hall–Kier alpha value is -2.11. The average molecular weight is 319 g/mol. The van der Waals surface area contributed by atoms with Gasteiger partial charge in [0.05, 0.1) is 11.5 Å². The molecule has 2 N–H and O–H groups in total. The molecule has 0 aliphatic heterocycles. The Morgan fingerprint density at radius 2 is 1.87 bits per heavy atom. The number of nitrogens with zero attached hydrogens (tertiary/aromatic N) is 1. The van der Waals surface area contributed by atoms with Gasteiger partial charge in [-0.25, -0.2) is 0 Å². The van der Waals surface area contributed by atoms with Crippen LogP contribution in [0.3, 0.4) is 0 Å². The number of nitrogens with one attached hydrogen (secondary N) is 2. The fourth-order valence-corrected chi connectivity index (χ4v) is 3.09. The summed E-state index contributed by atoms with van der Waals surface area (Å²) in [6.45, 7) is 5.96. The van der Waals surface area contributed by atoms with Crippen LogP contribution in [0.1, 0.15) is 43.7 Å². The number of anilines is 1. The minimum absolute atomic E-state index is 0.0628. The molecule has 0 unspecified atom stereocenters. The molecule has 1 aliphatic carbocycles. The predicted molar refractivity (Wildman–Crippen MR) is 90.6 cm³/mol. The summed E-state index contributed by atoms with van der Waals surface area (Å²) in [7, 11) is 0. The van der Waals surface area contributed by atoms with E-state index in [0.717, 1.165) is 37.2 Å². The van der Waals surface area contributed by atoms with Crippen LogP contribution in [0.4, 0.5) is 11.4 Å². The summed E-state index contributed by atoms with van der Waals surface area (Å²) in [5.74, 6) is 0.684. The van der Waals surface area contributed by atoms with Crippen LogP contribution in [0.2, 0.25) is 0 Å². The maximum atomic E-state index is 12.1. The van der Waals surface area contributed by atoms with Crippen molar-refractivity contribution in [1.29, 1.82) is 0 Å². The van der Waals surface area contributed by atoms with Crippen LogP contribution in [-0.4, -0.2) is 23.4 Å². The van der Waals surface area contributed by atoms with E-state index < -0.39 is 4.92 Å². The largest absolute Gasteiger partial charge is 0.376 e. The van der Waals surface area contributed by atoms with Gasteiger partial charge in [0.1, 0.15) is 0 Å². The van der Waals surface area contributed by atoms with Gasteiger partial charge in [-0.15, -0.1) is 0 Å². The third kappa shape index (κ3) is 4.68. The second kappa shape index (κ2) is 7.44. The van der Waals surface area contributed by atoms with Crippen molar-refractivity contribution in [3.05, 3.63) is 33.4 Å². The zero-order valence-corrected chi connectivity index (χ0v) is 14.0. The van der Waals surface area contributed by atoms with Gasteiger partial charge >= 0.3 is 0 Å². The van der Waals surface area contributed by atoms with E-state index in [4.69, 9.17) is 0 Å². The lowest BCUT2D eigenvalue weighted by Crippen LogP contribution is -2.40. The minimum Gasteiger partial charge on any atom is -0.376 e. The lowest BCUT2D eigenvalue weighted by molar-refractivity contribution is -0.385. The molecule has 1 aromatic carbocycles. The van der Waals surface area contributed by atoms with Gasteiger partial charge in [-0.2, -0.15) is 0 Å². The molecular formula is C17H25N3O3. The molecule has 0 saturated heterocycles. The number of rotatable bonds is 5. The molecule has 126 valence electrons. The lowest BCUT2D eigenvalue weighted by Gasteiger charge is -2.27. The molecule has 0 heterocycles. The SMILES string of the molecule is Cc1cc(C)c([N+](=O)[O-])cc1NCC(=O)NC1CCC(C)CC1. The number of aryl methyl sites for hydroxylation is 2. The second-order valence-corrected chi connectivity index (χ2v) is 6.59. The molecule has 1 saturated carbocycles. The highest BCUT2D eigenvalue weighted by atomic mass is 16.6. The highest BCUT2D eigenvalue weighted by Crippen LogP contribution is 2.26. The molecule has 0 radical (unpaired) electrons. The van der Waals surface area contributed by atoms with Crippen molar-refractivity contribution >= 4 is 17.3 Å². The van der Waals surface area contributed by atoms with Crippen LogP contribution in [0.5, 0.6) is 0 Å². The van der Waals surface area contributed by atoms with Crippen molar-refractivity contribution in [1.82, 2.24) is 5.32 Å². The number of amides is 1. The summed E-state index contributed by atoms with van der Waals surface area (Å²) in [5.41, 5.74) is 2.22. The van der Waals surface area contributed by atoms with E-state index in [-0.39, 0.29) is 24.2 Å². The summed E-state index contributed by atoms with van der Waals surface area (Å²) in [6.07, 6.45) is 4.37. The number of carbonyl (C=O) groups is 1. The molecule has 0 atom stereocenters. The zero-order valence-electron chi connectivity index (χ0n) is 14.0. The van der Waals surface area contributed by atoms with Crippen LogP contribution in [-0.2, 0) is 4.79 Å². The average Bonchev–Trinajstić information content (AvgIpc) is 2.48. The molecule has 1 aliphatic rings. The molecular weight excluding hydrogens is 294 g/mol. The molecule has 0 aromatic heterocycles. The Morgan fingerprint density at radius 1 is 1.22 bits per heavy atom. The van der Waals surface area contributed by atoms with E-state index in [0.29, 0.717) is 11.3 Å². The van der Waals surface area contributed by atoms with E-state index in [1.54, 1.807) is 13.0 Å². The molecule has 2 rings (SSSR count). The maximum Gasteiger partial charge on any atom is 0.274 e. The summed E-state index contributed by atoms with van der Waals surface area (Å²) < 4.78 is 0. The van der Waals surface area contributed by atoms with E-state index in [2.05, 4.69) is 17.6 Å². The Balaban J connectivity index is 1.91. The highest BCUT2D eigenvalue weighted by Gasteiger charge is 2.20. The summed E-state index contributed by atoms with van der Waals surface area (Å²) in [6, 6.07) is 3.52. The molecule has 23 heavy (non-hydrogen) atoms. The Morgan fingerprint density at radius 3 is 2.48 bits per heavy atom. The van der Waals surface area contributed by atoms with E-state index >= 15 is 0 Å². The van der Waals surface area contributed by atoms with Crippen LogP contribution in [0.15, 0.2) is 12.1 Å². The van der Waals surface area contributed by atoms with Gasteiger partial charge in [0.25, 0.3) is 5.69 Å². The van der Waals surface area contributed by atoms with Crippen LogP contribution in [0, 0.1) is 29.9 Å². The van der Waals surface area contributed by atoms with Gasteiger partial charge in [0, 0.05) is 23.4 Å². The highest BCUT2D eigenvalue weighted by molar-refractivity contribution is 5.81. The van der Waals surface area contributed by atoms with E-state index in [1.165, 1.54) is 6.07 Å². The number of nitro benzene ring substituents is 1. The van der Waals surface area contributed by atoms with Gasteiger partial charge in [0.2, 0.25) is 5.91 Å². The van der Waals surface area contributed by atoms with Gasteiger partial charge in [-0.05, 0) is 57.1 Å². The summed E-state index contributed by atoms with van der Waals surface area (Å²) >= 11 is 0. The molecule has 6 heteroatoms. The number of benzene rings is 1. The topological polar surface area (TPSA) is 84.3 Å². The van der Waals surface area contributed by atoms with Crippen molar-refractivity contribution in [2.75, 3.05) is 11.9 Å². The Labute approximate surface area is 136 Å². The predicted octanol–water partition coefficient (Wildman–Crippen LogP) is 3.32. The van der Waals surface area contributed by atoms with Gasteiger partial charge in [0.15, 0.2) is 0 Å². The minimum atomic E-state index is -0.400. The molecule has 1 amide bonds. The lowest BCUT2D eigenvalue weighted by atomic mass is 9.87. The summed E-state index contributed by atoms with van der Waals surface area (Å²) in [4.78, 5) is 22.7. The van der Waals surface area contributed by atoms with Gasteiger partial charge < -0.3 is 10.6 Å². The van der Waals surface area contributed by atoms with E-state index in [9.17, 15) is 14.9 Å². The quantitative estimate of drug-likeness (QED) is 0.644. The first-order valence-corrected chi connectivity index (χ1v) is 8.15. The normalized spacial score (nSPS) is 20.8. The monoisotopic (exact) mass is 319 g/mol. The number of hydrogen-bond acceptors (Lipinski definition) is 4. The van der Waals surface area contributed by atoms with Gasteiger partial charge in [-0.1, -0.05) is 6.92 Å². The number of carbonyl (C=O) groups excluding carboxylic acids is 1.